The lowest BCUT2D eigenvalue weighted by Gasteiger charge is -2.21. The Morgan fingerprint density at radius 1 is 1.17 bits per heavy atom. The molecule has 100 valence electrons. The zero-order valence-corrected chi connectivity index (χ0v) is 11.8. The molecule has 1 aromatic carbocycles. The standard InChI is InChI=1S/C15H23NO2/c1-15(7-8-15)11-16(2)10-12-5-6-13(17-3)14(9-12)18-4/h5-6,9H,7-8,10-11H2,1-4H3. The van der Waals surface area contributed by atoms with Gasteiger partial charge >= 0.3 is 0 Å². The smallest absolute Gasteiger partial charge is 0.161 e. The summed E-state index contributed by atoms with van der Waals surface area (Å²) in [5.41, 5.74) is 1.82. The van der Waals surface area contributed by atoms with Gasteiger partial charge in [-0.3, -0.25) is 0 Å². The quantitative estimate of drug-likeness (QED) is 0.773. The molecule has 0 unspecified atom stereocenters. The molecule has 0 atom stereocenters. The molecule has 18 heavy (non-hydrogen) atoms. The number of hydrogen-bond acceptors (Lipinski definition) is 3. The molecule has 0 N–H and O–H groups in total. The first-order valence-electron chi connectivity index (χ1n) is 6.46. The first-order valence-corrected chi connectivity index (χ1v) is 6.46. The Morgan fingerprint density at radius 2 is 1.83 bits per heavy atom. The summed E-state index contributed by atoms with van der Waals surface area (Å²) in [6.45, 7) is 4.48. The number of methoxy groups -OCH3 is 2. The summed E-state index contributed by atoms with van der Waals surface area (Å²) >= 11 is 0. The lowest BCUT2D eigenvalue weighted by molar-refractivity contribution is 0.267. The maximum Gasteiger partial charge on any atom is 0.161 e. The van der Waals surface area contributed by atoms with Crippen LogP contribution in [-0.4, -0.2) is 32.7 Å². The molecule has 1 aromatic rings. The molecule has 1 fully saturated rings. The Bertz CT molecular complexity index is 413. The van der Waals surface area contributed by atoms with E-state index < -0.39 is 0 Å². The third kappa shape index (κ3) is 3.16. The van der Waals surface area contributed by atoms with E-state index in [0.717, 1.165) is 18.0 Å². The van der Waals surface area contributed by atoms with Crippen molar-refractivity contribution in [3.63, 3.8) is 0 Å². The normalized spacial score (nSPS) is 16.7. The molecule has 0 saturated heterocycles. The van der Waals surface area contributed by atoms with E-state index in [1.807, 2.05) is 6.07 Å². The summed E-state index contributed by atoms with van der Waals surface area (Å²) in [6, 6.07) is 6.14. The summed E-state index contributed by atoms with van der Waals surface area (Å²) in [7, 11) is 5.52. The van der Waals surface area contributed by atoms with Gasteiger partial charge in [0.2, 0.25) is 0 Å². The van der Waals surface area contributed by atoms with Gasteiger partial charge in [0, 0.05) is 13.1 Å². The lowest BCUT2D eigenvalue weighted by Crippen LogP contribution is -2.24. The van der Waals surface area contributed by atoms with Gasteiger partial charge in [-0.1, -0.05) is 13.0 Å². The van der Waals surface area contributed by atoms with Crippen LogP contribution in [0.1, 0.15) is 25.3 Å². The van der Waals surface area contributed by atoms with Crippen molar-refractivity contribution < 1.29 is 9.47 Å². The van der Waals surface area contributed by atoms with Crippen molar-refractivity contribution >= 4 is 0 Å². The first kappa shape index (κ1) is 13.2. The summed E-state index contributed by atoms with van der Waals surface area (Å²) in [5.74, 6) is 1.60. The lowest BCUT2D eigenvalue weighted by atomic mass is 10.1. The molecule has 1 saturated carbocycles. The van der Waals surface area contributed by atoms with Crippen molar-refractivity contribution in [1.29, 1.82) is 0 Å². The van der Waals surface area contributed by atoms with E-state index in [1.165, 1.54) is 24.9 Å². The van der Waals surface area contributed by atoms with E-state index in [4.69, 9.17) is 9.47 Å². The molecule has 0 aromatic heterocycles. The molecule has 0 bridgehead atoms. The highest BCUT2D eigenvalue weighted by molar-refractivity contribution is 5.42. The Labute approximate surface area is 110 Å². The number of ether oxygens (including phenoxy) is 2. The Kier molecular flexibility index (Phi) is 3.81. The second-order valence-corrected chi connectivity index (χ2v) is 5.67. The maximum atomic E-state index is 5.33. The minimum atomic E-state index is 0.561. The van der Waals surface area contributed by atoms with E-state index in [9.17, 15) is 0 Å². The van der Waals surface area contributed by atoms with Gasteiger partial charge in [-0.2, -0.15) is 0 Å². The highest BCUT2D eigenvalue weighted by Gasteiger charge is 2.37. The fraction of sp³-hybridized carbons (Fsp3) is 0.600. The average molecular weight is 249 g/mol. The number of benzene rings is 1. The van der Waals surface area contributed by atoms with Crippen LogP contribution in [0.25, 0.3) is 0 Å². The summed E-state index contributed by atoms with van der Waals surface area (Å²) in [6.07, 6.45) is 2.73. The predicted molar refractivity (Wildman–Crippen MR) is 73.2 cm³/mol. The molecule has 1 aliphatic carbocycles. The summed E-state index contributed by atoms with van der Waals surface area (Å²) < 4.78 is 10.6. The van der Waals surface area contributed by atoms with Crippen LogP contribution in [0.15, 0.2) is 18.2 Å². The monoisotopic (exact) mass is 249 g/mol. The highest BCUT2D eigenvalue weighted by Crippen LogP contribution is 2.45. The van der Waals surface area contributed by atoms with Gasteiger partial charge in [-0.05, 0) is 43.0 Å². The minimum Gasteiger partial charge on any atom is -0.493 e. The van der Waals surface area contributed by atoms with Gasteiger partial charge in [0.25, 0.3) is 0 Å². The van der Waals surface area contributed by atoms with Crippen LogP contribution in [0.5, 0.6) is 11.5 Å². The molecule has 2 rings (SSSR count). The van der Waals surface area contributed by atoms with Gasteiger partial charge in [0.1, 0.15) is 0 Å². The zero-order valence-electron chi connectivity index (χ0n) is 11.8. The summed E-state index contributed by atoms with van der Waals surface area (Å²) in [5, 5.41) is 0. The van der Waals surface area contributed by atoms with Gasteiger partial charge < -0.3 is 14.4 Å². The van der Waals surface area contributed by atoms with Crippen LogP contribution in [0.4, 0.5) is 0 Å². The molecular weight excluding hydrogens is 226 g/mol. The van der Waals surface area contributed by atoms with Crippen molar-refractivity contribution in [1.82, 2.24) is 4.90 Å². The fourth-order valence-corrected chi connectivity index (χ4v) is 2.37. The molecular formula is C15H23NO2. The predicted octanol–water partition coefficient (Wildman–Crippen LogP) is 2.94. The fourth-order valence-electron chi connectivity index (χ4n) is 2.37. The number of hydrogen-bond donors (Lipinski definition) is 0. The SMILES string of the molecule is COc1ccc(CN(C)CC2(C)CC2)cc1OC. The topological polar surface area (TPSA) is 21.7 Å². The molecule has 0 radical (unpaired) electrons. The van der Waals surface area contributed by atoms with Crippen LogP contribution in [0.3, 0.4) is 0 Å². The van der Waals surface area contributed by atoms with E-state index in [1.54, 1.807) is 14.2 Å². The molecule has 0 aliphatic heterocycles. The van der Waals surface area contributed by atoms with Gasteiger partial charge in [0.05, 0.1) is 14.2 Å². The largest absolute Gasteiger partial charge is 0.493 e. The van der Waals surface area contributed by atoms with Crippen molar-refractivity contribution in [3.8, 4) is 11.5 Å². The Hall–Kier alpha value is -1.22. The van der Waals surface area contributed by atoms with Crippen molar-refractivity contribution in [3.05, 3.63) is 23.8 Å². The Morgan fingerprint density at radius 3 is 2.39 bits per heavy atom. The average Bonchev–Trinajstić information content (AvgIpc) is 3.06. The van der Waals surface area contributed by atoms with Crippen LogP contribution in [0, 0.1) is 5.41 Å². The third-order valence-electron chi connectivity index (χ3n) is 3.66. The van der Waals surface area contributed by atoms with Crippen molar-refractivity contribution in [2.75, 3.05) is 27.8 Å². The van der Waals surface area contributed by atoms with E-state index >= 15 is 0 Å². The van der Waals surface area contributed by atoms with E-state index in [-0.39, 0.29) is 0 Å². The van der Waals surface area contributed by atoms with Gasteiger partial charge in [0.15, 0.2) is 11.5 Å². The van der Waals surface area contributed by atoms with Crippen molar-refractivity contribution in [2.45, 2.75) is 26.3 Å². The zero-order chi connectivity index (χ0) is 13.2. The van der Waals surface area contributed by atoms with Crippen LogP contribution in [0.2, 0.25) is 0 Å². The van der Waals surface area contributed by atoms with Gasteiger partial charge in [-0.25, -0.2) is 0 Å². The molecule has 3 nitrogen and oxygen atoms in total. The van der Waals surface area contributed by atoms with Gasteiger partial charge in [-0.15, -0.1) is 0 Å². The number of nitrogens with zero attached hydrogens (tertiary/aromatic N) is 1. The molecule has 3 heteroatoms. The third-order valence-corrected chi connectivity index (χ3v) is 3.66. The second kappa shape index (κ2) is 5.19. The molecule has 1 aliphatic rings. The maximum absolute atomic E-state index is 5.33. The molecule has 0 spiro atoms. The first-order chi connectivity index (χ1) is 8.56. The molecule has 0 amide bonds. The molecule has 0 heterocycles. The van der Waals surface area contributed by atoms with E-state index in [2.05, 4.69) is 31.0 Å². The highest BCUT2D eigenvalue weighted by atomic mass is 16.5. The second-order valence-electron chi connectivity index (χ2n) is 5.67. The van der Waals surface area contributed by atoms with Crippen molar-refractivity contribution in [2.24, 2.45) is 5.41 Å². The summed E-state index contributed by atoms with van der Waals surface area (Å²) in [4.78, 5) is 2.38. The van der Waals surface area contributed by atoms with Crippen LogP contribution in [-0.2, 0) is 6.54 Å². The minimum absolute atomic E-state index is 0.561. The number of rotatable bonds is 6. The Balaban J connectivity index is 2.00. The van der Waals surface area contributed by atoms with Crippen LogP contribution < -0.4 is 9.47 Å². The van der Waals surface area contributed by atoms with Crippen LogP contribution >= 0.6 is 0 Å². The van der Waals surface area contributed by atoms with E-state index in [0.29, 0.717) is 5.41 Å².